The van der Waals surface area contributed by atoms with Gasteiger partial charge < -0.3 is 9.88 Å². The molecule has 0 saturated carbocycles. The molecule has 8 aromatic rings. The molecule has 0 bridgehead atoms. The van der Waals surface area contributed by atoms with Crippen molar-refractivity contribution in [2.24, 2.45) is 0 Å². The predicted molar refractivity (Wildman–Crippen MR) is 199 cm³/mol. The lowest BCUT2D eigenvalue weighted by Gasteiger charge is -2.19. The van der Waals surface area contributed by atoms with Crippen molar-refractivity contribution in [3.8, 4) is 39.1 Å². The topological polar surface area (TPSA) is 17.0 Å². The van der Waals surface area contributed by atoms with Gasteiger partial charge in [0.05, 0.1) is 11.0 Å². The molecule has 0 saturated heterocycles. The highest BCUT2D eigenvalue weighted by Crippen LogP contribution is 2.38. The lowest BCUT2D eigenvalue weighted by atomic mass is 9.86. The van der Waals surface area contributed by atoms with Gasteiger partial charge in [0.1, 0.15) is 0 Å². The summed E-state index contributed by atoms with van der Waals surface area (Å²) in [5.41, 5.74) is 17.4. The van der Waals surface area contributed by atoms with E-state index < -0.39 is 0 Å². The smallest absolute Gasteiger partial charge is 0.0541 e. The van der Waals surface area contributed by atoms with Crippen molar-refractivity contribution >= 4 is 33.2 Å². The predicted octanol–water partition coefficient (Wildman–Crippen LogP) is 11.9. The molecule has 0 spiro atoms. The molecule has 47 heavy (non-hydrogen) atoms. The molecule has 1 aromatic heterocycles. The van der Waals surface area contributed by atoms with E-state index in [2.05, 4.69) is 175 Å². The monoisotopic (exact) mass is 602 g/mol. The molecular weight excluding hydrogens is 569 g/mol. The molecule has 7 aromatic carbocycles. The average molecular weight is 603 g/mol. The first-order chi connectivity index (χ1) is 23.2. The van der Waals surface area contributed by atoms with Crippen molar-refractivity contribution in [2.45, 2.75) is 19.8 Å². The Morgan fingerprint density at radius 3 is 1.64 bits per heavy atom. The van der Waals surface area contributed by atoms with Crippen molar-refractivity contribution in [3.63, 3.8) is 0 Å². The van der Waals surface area contributed by atoms with E-state index in [0.29, 0.717) is 0 Å². The van der Waals surface area contributed by atoms with Crippen molar-refractivity contribution in [1.82, 2.24) is 4.57 Å². The Morgan fingerprint density at radius 2 is 1.00 bits per heavy atom. The Kier molecular flexibility index (Phi) is 6.53. The summed E-state index contributed by atoms with van der Waals surface area (Å²) in [5.74, 6) is 0. The Balaban J connectivity index is 1.06. The van der Waals surface area contributed by atoms with Crippen LogP contribution in [-0.2, 0) is 12.8 Å². The van der Waals surface area contributed by atoms with Gasteiger partial charge in [0, 0.05) is 27.8 Å². The van der Waals surface area contributed by atoms with Crippen LogP contribution < -0.4 is 5.32 Å². The number of fused-ring (bicyclic) bond motifs is 4. The summed E-state index contributed by atoms with van der Waals surface area (Å²) in [6, 6.07) is 57.7. The fourth-order valence-corrected chi connectivity index (χ4v) is 7.05. The molecule has 0 aliphatic heterocycles. The van der Waals surface area contributed by atoms with E-state index in [-0.39, 0.29) is 0 Å². The fourth-order valence-electron chi connectivity index (χ4n) is 7.05. The highest BCUT2D eigenvalue weighted by molar-refractivity contribution is 6.11. The molecule has 1 aliphatic carbocycles. The van der Waals surface area contributed by atoms with Crippen LogP contribution in [0.2, 0.25) is 0 Å². The Labute approximate surface area is 275 Å². The van der Waals surface area contributed by atoms with Gasteiger partial charge in [0.15, 0.2) is 0 Å². The highest BCUT2D eigenvalue weighted by atomic mass is 15.0. The third-order valence-electron chi connectivity index (χ3n) is 9.74. The van der Waals surface area contributed by atoms with Crippen LogP contribution in [0.3, 0.4) is 0 Å². The SMILES string of the molecule is Cc1ccc(-c2ccc3c(c2)c2cc(-c4ccc(Nc5cccc(-c6ccc7c(c6)CC7)c5)cc4)ccc2n3-c2ccccc2)cc1. The Hall–Kier alpha value is -5.86. The number of aryl methyl sites for hydroxylation is 3. The van der Waals surface area contributed by atoms with Crippen LogP contribution in [0.4, 0.5) is 11.4 Å². The van der Waals surface area contributed by atoms with Gasteiger partial charge >= 0.3 is 0 Å². The van der Waals surface area contributed by atoms with E-state index in [9.17, 15) is 0 Å². The molecule has 2 heteroatoms. The van der Waals surface area contributed by atoms with Gasteiger partial charge in [0.2, 0.25) is 0 Å². The lowest BCUT2D eigenvalue weighted by molar-refractivity contribution is 0.840. The van der Waals surface area contributed by atoms with E-state index in [1.807, 2.05) is 0 Å². The number of hydrogen-bond acceptors (Lipinski definition) is 1. The molecule has 1 N–H and O–H groups in total. The van der Waals surface area contributed by atoms with Crippen molar-refractivity contribution in [1.29, 1.82) is 0 Å². The quantitative estimate of drug-likeness (QED) is 0.200. The molecule has 224 valence electrons. The van der Waals surface area contributed by atoms with Crippen molar-refractivity contribution < 1.29 is 0 Å². The number of nitrogens with zero attached hydrogens (tertiary/aromatic N) is 1. The maximum Gasteiger partial charge on any atom is 0.0541 e. The van der Waals surface area contributed by atoms with E-state index in [1.165, 1.54) is 90.4 Å². The summed E-state index contributed by atoms with van der Waals surface area (Å²) in [6.45, 7) is 2.14. The Bertz CT molecular complexity index is 2410. The summed E-state index contributed by atoms with van der Waals surface area (Å²) < 4.78 is 2.38. The second-order valence-electron chi connectivity index (χ2n) is 12.8. The molecule has 0 unspecified atom stereocenters. The highest BCUT2D eigenvalue weighted by Gasteiger charge is 2.15. The van der Waals surface area contributed by atoms with Gasteiger partial charge in [-0.15, -0.1) is 0 Å². The van der Waals surface area contributed by atoms with Crippen LogP contribution in [0.25, 0.3) is 60.9 Å². The number of para-hydroxylation sites is 1. The standard InChI is InChI=1S/C45H34N2/c1-30-10-12-31(13-11-30)37-20-24-44-42(28-37)43-29-38(21-25-45(43)47(44)41-8-3-2-4-9-41)33-18-22-39(23-19-33)46-40-7-5-6-34(27-40)36-17-15-32-14-16-35(32)26-36/h2-13,15,17-29,46H,14,16H2,1H3. The van der Waals surface area contributed by atoms with Crippen LogP contribution in [0.1, 0.15) is 16.7 Å². The summed E-state index contributed by atoms with van der Waals surface area (Å²) in [6.07, 6.45) is 2.41. The summed E-state index contributed by atoms with van der Waals surface area (Å²) in [5, 5.41) is 6.14. The first-order valence-corrected chi connectivity index (χ1v) is 16.5. The number of anilines is 2. The first kappa shape index (κ1) is 27.5. The molecule has 1 heterocycles. The van der Waals surface area contributed by atoms with E-state index in [4.69, 9.17) is 0 Å². The average Bonchev–Trinajstić information content (AvgIpc) is 3.43. The third-order valence-corrected chi connectivity index (χ3v) is 9.74. The number of aromatic nitrogens is 1. The molecule has 2 nitrogen and oxygen atoms in total. The van der Waals surface area contributed by atoms with Crippen LogP contribution in [0.5, 0.6) is 0 Å². The molecule has 0 atom stereocenters. The van der Waals surface area contributed by atoms with Gasteiger partial charge in [-0.2, -0.15) is 0 Å². The largest absolute Gasteiger partial charge is 0.356 e. The van der Waals surface area contributed by atoms with Crippen LogP contribution in [0, 0.1) is 6.92 Å². The molecule has 0 radical (unpaired) electrons. The molecular formula is C45H34N2. The number of hydrogen-bond donors (Lipinski definition) is 1. The minimum absolute atomic E-state index is 1.08. The molecule has 1 aliphatic rings. The minimum Gasteiger partial charge on any atom is -0.356 e. The van der Waals surface area contributed by atoms with Crippen molar-refractivity contribution in [3.05, 3.63) is 174 Å². The first-order valence-electron chi connectivity index (χ1n) is 16.5. The van der Waals surface area contributed by atoms with Gasteiger partial charge in [-0.1, -0.05) is 103 Å². The normalized spacial score (nSPS) is 12.2. The summed E-state index contributed by atoms with van der Waals surface area (Å²) in [4.78, 5) is 0. The van der Waals surface area contributed by atoms with Gasteiger partial charge in [-0.05, 0) is 125 Å². The number of nitrogens with one attached hydrogen (secondary N) is 1. The maximum absolute atomic E-state index is 3.63. The van der Waals surface area contributed by atoms with E-state index in [0.717, 1.165) is 11.4 Å². The second-order valence-corrected chi connectivity index (χ2v) is 12.8. The molecule has 9 rings (SSSR count). The zero-order valence-corrected chi connectivity index (χ0v) is 26.4. The van der Waals surface area contributed by atoms with Gasteiger partial charge in [-0.3, -0.25) is 0 Å². The zero-order valence-electron chi connectivity index (χ0n) is 26.4. The third kappa shape index (κ3) is 4.99. The number of rotatable bonds is 6. The van der Waals surface area contributed by atoms with Crippen LogP contribution >= 0.6 is 0 Å². The minimum atomic E-state index is 1.08. The van der Waals surface area contributed by atoms with Gasteiger partial charge in [-0.25, -0.2) is 0 Å². The second kappa shape index (κ2) is 11.2. The zero-order chi connectivity index (χ0) is 31.3. The maximum atomic E-state index is 3.63. The van der Waals surface area contributed by atoms with Crippen LogP contribution in [0.15, 0.2) is 158 Å². The fraction of sp³-hybridized carbons (Fsp3) is 0.0667. The molecule has 0 amide bonds. The molecule has 0 fully saturated rings. The lowest BCUT2D eigenvalue weighted by Crippen LogP contribution is -2.07. The Morgan fingerprint density at radius 1 is 0.426 bits per heavy atom. The van der Waals surface area contributed by atoms with Crippen LogP contribution in [-0.4, -0.2) is 4.57 Å². The summed E-state index contributed by atoms with van der Waals surface area (Å²) in [7, 11) is 0. The van der Waals surface area contributed by atoms with Crippen molar-refractivity contribution in [2.75, 3.05) is 5.32 Å². The van der Waals surface area contributed by atoms with E-state index >= 15 is 0 Å². The van der Waals surface area contributed by atoms with E-state index in [1.54, 1.807) is 0 Å². The number of benzene rings is 7. The van der Waals surface area contributed by atoms with Gasteiger partial charge in [0.25, 0.3) is 0 Å². The summed E-state index contributed by atoms with van der Waals surface area (Å²) >= 11 is 0.